The summed E-state index contributed by atoms with van der Waals surface area (Å²) in [4.78, 5) is 8.88. The second-order valence-corrected chi connectivity index (χ2v) is 5.00. The first-order chi connectivity index (χ1) is 8.54. The predicted molar refractivity (Wildman–Crippen MR) is 73.8 cm³/mol. The Bertz CT molecular complexity index is 576. The summed E-state index contributed by atoms with van der Waals surface area (Å²) in [6.45, 7) is 6.70. The SMILES string of the molecule is CNCc1cnc(-n2nc(C)c(Br)c2C)nc1C. The molecule has 0 fully saturated rings. The number of nitrogens with zero attached hydrogens (tertiary/aromatic N) is 4. The Morgan fingerprint density at radius 2 is 2.00 bits per heavy atom. The van der Waals surface area contributed by atoms with Gasteiger partial charge in [-0.25, -0.2) is 14.6 Å². The summed E-state index contributed by atoms with van der Waals surface area (Å²) in [5.74, 6) is 0.610. The molecule has 18 heavy (non-hydrogen) atoms. The van der Waals surface area contributed by atoms with Crippen molar-refractivity contribution in [3.8, 4) is 5.95 Å². The summed E-state index contributed by atoms with van der Waals surface area (Å²) >= 11 is 3.51. The summed E-state index contributed by atoms with van der Waals surface area (Å²) in [5.41, 5.74) is 4.01. The van der Waals surface area contributed by atoms with Gasteiger partial charge in [-0.15, -0.1) is 0 Å². The third kappa shape index (κ3) is 2.30. The van der Waals surface area contributed by atoms with Crippen molar-refractivity contribution in [2.75, 3.05) is 7.05 Å². The fourth-order valence-corrected chi connectivity index (χ4v) is 2.01. The molecule has 1 N–H and O–H groups in total. The van der Waals surface area contributed by atoms with E-state index in [0.717, 1.165) is 33.7 Å². The topological polar surface area (TPSA) is 55.6 Å². The molecule has 0 aliphatic rings. The molecule has 0 unspecified atom stereocenters. The molecule has 0 atom stereocenters. The second kappa shape index (κ2) is 5.16. The lowest BCUT2D eigenvalue weighted by Crippen LogP contribution is -2.11. The van der Waals surface area contributed by atoms with Gasteiger partial charge < -0.3 is 5.32 Å². The molecule has 0 saturated heterocycles. The van der Waals surface area contributed by atoms with Gasteiger partial charge in [-0.2, -0.15) is 5.10 Å². The predicted octanol–water partition coefficient (Wildman–Crippen LogP) is 2.07. The van der Waals surface area contributed by atoms with E-state index in [-0.39, 0.29) is 0 Å². The van der Waals surface area contributed by atoms with Gasteiger partial charge >= 0.3 is 0 Å². The Hall–Kier alpha value is -1.27. The Labute approximate surface area is 115 Å². The van der Waals surface area contributed by atoms with Gasteiger partial charge in [0.15, 0.2) is 0 Å². The Morgan fingerprint density at radius 3 is 2.50 bits per heavy atom. The molecule has 0 amide bonds. The highest BCUT2D eigenvalue weighted by atomic mass is 79.9. The van der Waals surface area contributed by atoms with Crippen LogP contribution in [-0.4, -0.2) is 26.8 Å². The summed E-state index contributed by atoms with van der Waals surface area (Å²) in [5, 5.41) is 7.52. The third-order valence-corrected chi connectivity index (χ3v) is 3.98. The lowest BCUT2D eigenvalue weighted by molar-refractivity contribution is 0.746. The smallest absolute Gasteiger partial charge is 0.251 e. The molecule has 0 aromatic carbocycles. The fourth-order valence-electron chi connectivity index (χ4n) is 1.76. The first-order valence-corrected chi connectivity index (χ1v) is 6.53. The first kappa shape index (κ1) is 13.2. The van der Waals surface area contributed by atoms with Crippen molar-refractivity contribution in [3.05, 3.63) is 33.3 Å². The van der Waals surface area contributed by atoms with Crippen molar-refractivity contribution in [2.45, 2.75) is 27.3 Å². The number of aryl methyl sites for hydroxylation is 2. The highest BCUT2D eigenvalue weighted by Gasteiger charge is 2.13. The standard InChI is InChI=1S/C12H16BrN5/c1-7-10(5-14-4)6-15-12(16-7)18-9(3)11(13)8(2)17-18/h6,14H,5H2,1-4H3. The average molecular weight is 310 g/mol. The summed E-state index contributed by atoms with van der Waals surface area (Å²) in [6.07, 6.45) is 1.85. The van der Waals surface area contributed by atoms with E-state index in [1.165, 1.54) is 0 Å². The van der Waals surface area contributed by atoms with Crippen LogP contribution in [0.1, 0.15) is 22.6 Å². The minimum atomic E-state index is 0.610. The van der Waals surface area contributed by atoms with E-state index in [4.69, 9.17) is 0 Å². The molecule has 0 aliphatic carbocycles. The zero-order valence-corrected chi connectivity index (χ0v) is 12.5. The molecule has 2 aromatic rings. The van der Waals surface area contributed by atoms with Gasteiger partial charge in [0, 0.05) is 24.0 Å². The number of hydrogen-bond acceptors (Lipinski definition) is 4. The van der Waals surface area contributed by atoms with E-state index >= 15 is 0 Å². The Kier molecular flexibility index (Phi) is 3.77. The summed E-state index contributed by atoms with van der Waals surface area (Å²) < 4.78 is 2.76. The normalized spacial score (nSPS) is 10.9. The van der Waals surface area contributed by atoms with E-state index < -0.39 is 0 Å². The van der Waals surface area contributed by atoms with Gasteiger partial charge in [0.2, 0.25) is 0 Å². The van der Waals surface area contributed by atoms with Gasteiger partial charge in [-0.3, -0.25) is 0 Å². The molecule has 0 aliphatic heterocycles. The highest BCUT2D eigenvalue weighted by molar-refractivity contribution is 9.10. The van der Waals surface area contributed by atoms with Crippen LogP contribution < -0.4 is 5.32 Å². The highest BCUT2D eigenvalue weighted by Crippen LogP contribution is 2.21. The van der Waals surface area contributed by atoms with Crippen LogP contribution in [0.5, 0.6) is 0 Å². The number of hydrogen-bond donors (Lipinski definition) is 1. The lowest BCUT2D eigenvalue weighted by Gasteiger charge is -2.07. The lowest BCUT2D eigenvalue weighted by atomic mass is 10.2. The van der Waals surface area contributed by atoms with Crippen LogP contribution in [0.4, 0.5) is 0 Å². The molecular formula is C12H16BrN5. The van der Waals surface area contributed by atoms with Crippen LogP contribution in [0.15, 0.2) is 10.7 Å². The molecular weight excluding hydrogens is 294 g/mol. The molecule has 2 heterocycles. The van der Waals surface area contributed by atoms with Gasteiger partial charge in [0.25, 0.3) is 5.95 Å². The third-order valence-electron chi connectivity index (χ3n) is 2.83. The zero-order valence-electron chi connectivity index (χ0n) is 11.0. The number of halogens is 1. The van der Waals surface area contributed by atoms with Crippen LogP contribution in [0.2, 0.25) is 0 Å². The van der Waals surface area contributed by atoms with Crippen molar-refractivity contribution in [3.63, 3.8) is 0 Å². The molecule has 6 heteroatoms. The van der Waals surface area contributed by atoms with Gasteiger partial charge in [0.05, 0.1) is 15.9 Å². The van der Waals surface area contributed by atoms with E-state index in [1.54, 1.807) is 4.68 Å². The molecule has 0 bridgehead atoms. The largest absolute Gasteiger partial charge is 0.316 e. The number of rotatable bonds is 3. The van der Waals surface area contributed by atoms with Crippen LogP contribution >= 0.6 is 15.9 Å². The number of aromatic nitrogens is 4. The van der Waals surface area contributed by atoms with E-state index in [9.17, 15) is 0 Å². The molecule has 96 valence electrons. The molecule has 2 rings (SSSR count). The Balaban J connectivity index is 2.45. The van der Waals surface area contributed by atoms with E-state index in [2.05, 4.69) is 36.3 Å². The average Bonchev–Trinajstić information content (AvgIpc) is 2.60. The molecule has 2 aromatic heterocycles. The Morgan fingerprint density at radius 1 is 1.28 bits per heavy atom. The molecule has 0 spiro atoms. The van der Waals surface area contributed by atoms with Crippen molar-refractivity contribution >= 4 is 15.9 Å². The van der Waals surface area contributed by atoms with Gasteiger partial charge in [-0.1, -0.05) is 0 Å². The fraction of sp³-hybridized carbons (Fsp3) is 0.417. The van der Waals surface area contributed by atoms with Gasteiger partial charge in [0.1, 0.15) is 0 Å². The maximum atomic E-state index is 4.51. The number of nitrogens with one attached hydrogen (secondary N) is 1. The molecule has 0 radical (unpaired) electrons. The van der Waals surface area contributed by atoms with Gasteiger partial charge in [-0.05, 0) is 43.7 Å². The van der Waals surface area contributed by atoms with Crippen molar-refractivity contribution in [2.24, 2.45) is 0 Å². The van der Waals surface area contributed by atoms with E-state index in [1.807, 2.05) is 34.0 Å². The summed E-state index contributed by atoms with van der Waals surface area (Å²) in [7, 11) is 1.91. The summed E-state index contributed by atoms with van der Waals surface area (Å²) in [6, 6.07) is 0. The van der Waals surface area contributed by atoms with Crippen LogP contribution in [-0.2, 0) is 6.54 Å². The maximum Gasteiger partial charge on any atom is 0.251 e. The van der Waals surface area contributed by atoms with Crippen molar-refractivity contribution in [1.29, 1.82) is 0 Å². The minimum absolute atomic E-state index is 0.610. The molecule has 5 nitrogen and oxygen atoms in total. The van der Waals surface area contributed by atoms with Crippen LogP contribution in [0.3, 0.4) is 0 Å². The minimum Gasteiger partial charge on any atom is -0.316 e. The van der Waals surface area contributed by atoms with E-state index in [0.29, 0.717) is 5.95 Å². The van der Waals surface area contributed by atoms with Crippen LogP contribution in [0.25, 0.3) is 5.95 Å². The zero-order chi connectivity index (χ0) is 13.3. The quantitative estimate of drug-likeness (QED) is 0.943. The maximum absolute atomic E-state index is 4.51. The van der Waals surface area contributed by atoms with Crippen molar-refractivity contribution < 1.29 is 0 Å². The van der Waals surface area contributed by atoms with Crippen molar-refractivity contribution in [1.82, 2.24) is 25.1 Å². The monoisotopic (exact) mass is 309 g/mol. The van der Waals surface area contributed by atoms with Crippen LogP contribution in [0, 0.1) is 20.8 Å². The molecule has 0 saturated carbocycles. The first-order valence-electron chi connectivity index (χ1n) is 5.73. The second-order valence-electron chi connectivity index (χ2n) is 4.21.